The number of furan rings is 1. The molecule has 0 amide bonds. The van der Waals surface area contributed by atoms with Gasteiger partial charge in [-0.3, -0.25) is 0 Å². The molecular formula is C13H13NO4. The van der Waals surface area contributed by atoms with E-state index in [1.165, 1.54) is 19.2 Å². The number of carbonyl (C=O) groups is 1. The van der Waals surface area contributed by atoms with E-state index < -0.39 is 5.97 Å². The standard InChI is InChI=1S/C13H13NO4/c1-17-12-5-4-9(13(15)16)7-11(12)14-8-10-3-2-6-18-10/h2-7,14H,8H2,1H3,(H,15,16). The molecule has 1 aromatic carbocycles. The molecule has 0 aliphatic rings. The van der Waals surface area contributed by atoms with Crippen molar-refractivity contribution in [2.45, 2.75) is 6.54 Å². The summed E-state index contributed by atoms with van der Waals surface area (Å²) in [7, 11) is 1.54. The molecule has 0 saturated carbocycles. The minimum atomic E-state index is -0.973. The second kappa shape index (κ2) is 5.27. The first-order valence-corrected chi connectivity index (χ1v) is 5.38. The first-order chi connectivity index (χ1) is 8.70. The average molecular weight is 247 g/mol. The molecule has 5 nitrogen and oxygen atoms in total. The Balaban J connectivity index is 2.18. The van der Waals surface area contributed by atoms with Crippen LogP contribution in [0.25, 0.3) is 0 Å². The average Bonchev–Trinajstić information content (AvgIpc) is 2.89. The molecule has 1 aromatic heterocycles. The SMILES string of the molecule is COc1ccc(C(=O)O)cc1NCc1ccco1. The van der Waals surface area contributed by atoms with Crippen molar-refractivity contribution in [3.05, 3.63) is 47.9 Å². The molecule has 18 heavy (non-hydrogen) atoms. The Hall–Kier alpha value is -2.43. The van der Waals surface area contributed by atoms with Gasteiger partial charge in [-0.25, -0.2) is 4.79 Å². The van der Waals surface area contributed by atoms with Gasteiger partial charge in [0.2, 0.25) is 0 Å². The normalized spacial score (nSPS) is 10.1. The second-order valence-corrected chi connectivity index (χ2v) is 3.65. The van der Waals surface area contributed by atoms with Crippen molar-refractivity contribution < 1.29 is 19.1 Å². The minimum absolute atomic E-state index is 0.206. The van der Waals surface area contributed by atoms with Crippen LogP contribution in [0.2, 0.25) is 0 Å². The molecule has 2 rings (SSSR count). The lowest BCUT2D eigenvalue weighted by Gasteiger charge is -2.10. The molecule has 94 valence electrons. The van der Waals surface area contributed by atoms with Gasteiger partial charge in [-0.1, -0.05) is 0 Å². The highest BCUT2D eigenvalue weighted by Crippen LogP contribution is 2.26. The zero-order chi connectivity index (χ0) is 13.0. The van der Waals surface area contributed by atoms with Gasteiger partial charge in [-0.15, -0.1) is 0 Å². The van der Waals surface area contributed by atoms with Gasteiger partial charge in [0.1, 0.15) is 11.5 Å². The van der Waals surface area contributed by atoms with Crippen molar-refractivity contribution in [1.82, 2.24) is 0 Å². The maximum Gasteiger partial charge on any atom is 0.335 e. The highest BCUT2D eigenvalue weighted by Gasteiger charge is 2.09. The van der Waals surface area contributed by atoms with E-state index in [9.17, 15) is 4.79 Å². The summed E-state index contributed by atoms with van der Waals surface area (Å²) in [6.07, 6.45) is 1.59. The van der Waals surface area contributed by atoms with Crippen molar-refractivity contribution in [2.75, 3.05) is 12.4 Å². The fourth-order valence-electron chi connectivity index (χ4n) is 1.57. The summed E-state index contributed by atoms with van der Waals surface area (Å²) < 4.78 is 10.4. The summed E-state index contributed by atoms with van der Waals surface area (Å²) in [5.41, 5.74) is 0.826. The van der Waals surface area contributed by atoms with Crippen LogP contribution < -0.4 is 10.1 Å². The van der Waals surface area contributed by atoms with Gasteiger partial charge >= 0.3 is 5.97 Å². The quantitative estimate of drug-likeness (QED) is 0.849. The number of carboxylic acid groups (broad SMARTS) is 1. The van der Waals surface area contributed by atoms with E-state index in [2.05, 4.69) is 5.32 Å². The Labute approximate surface area is 104 Å². The van der Waals surface area contributed by atoms with Gasteiger partial charge in [0.25, 0.3) is 0 Å². The predicted octanol–water partition coefficient (Wildman–Crippen LogP) is 2.60. The molecule has 0 saturated heterocycles. The lowest BCUT2D eigenvalue weighted by molar-refractivity contribution is 0.0697. The Bertz CT molecular complexity index is 534. The maximum atomic E-state index is 10.9. The van der Waals surface area contributed by atoms with Gasteiger partial charge in [-0.05, 0) is 30.3 Å². The number of ether oxygens (including phenoxy) is 1. The smallest absolute Gasteiger partial charge is 0.335 e. The number of nitrogens with one attached hydrogen (secondary N) is 1. The van der Waals surface area contributed by atoms with E-state index >= 15 is 0 Å². The molecule has 2 N–H and O–H groups in total. The van der Waals surface area contributed by atoms with Crippen molar-refractivity contribution in [3.63, 3.8) is 0 Å². The van der Waals surface area contributed by atoms with Crippen LogP contribution in [-0.2, 0) is 6.54 Å². The molecule has 0 radical (unpaired) electrons. The zero-order valence-corrected chi connectivity index (χ0v) is 9.84. The predicted molar refractivity (Wildman–Crippen MR) is 66.0 cm³/mol. The Kier molecular flexibility index (Phi) is 3.52. The van der Waals surface area contributed by atoms with Gasteiger partial charge in [-0.2, -0.15) is 0 Å². The number of hydrogen-bond donors (Lipinski definition) is 2. The number of benzene rings is 1. The summed E-state index contributed by atoms with van der Waals surface area (Å²) in [5.74, 6) is 0.378. The van der Waals surface area contributed by atoms with Crippen LogP contribution in [0.4, 0.5) is 5.69 Å². The Morgan fingerprint density at radius 1 is 1.44 bits per heavy atom. The third kappa shape index (κ3) is 2.63. The van der Waals surface area contributed by atoms with Crippen LogP contribution >= 0.6 is 0 Å². The van der Waals surface area contributed by atoms with Gasteiger partial charge in [0.15, 0.2) is 0 Å². The first-order valence-electron chi connectivity index (χ1n) is 5.38. The molecule has 2 aromatic rings. The summed E-state index contributed by atoms with van der Waals surface area (Å²) in [4.78, 5) is 10.9. The van der Waals surface area contributed by atoms with Gasteiger partial charge < -0.3 is 19.6 Å². The largest absolute Gasteiger partial charge is 0.495 e. The molecule has 0 aliphatic carbocycles. The van der Waals surface area contributed by atoms with Crippen molar-refractivity contribution >= 4 is 11.7 Å². The fraction of sp³-hybridized carbons (Fsp3) is 0.154. The molecule has 0 fully saturated rings. The van der Waals surface area contributed by atoms with Gasteiger partial charge in [0, 0.05) is 0 Å². The Morgan fingerprint density at radius 3 is 2.89 bits per heavy atom. The van der Waals surface area contributed by atoms with E-state index in [0.717, 1.165) is 5.76 Å². The van der Waals surface area contributed by atoms with Crippen molar-refractivity contribution in [2.24, 2.45) is 0 Å². The van der Waals surface area contributed by atoms with Crippen LogP contribution in [0.15, 0.2) is 41.0 Å². The van der Waals surface area contributed by atoms with Crippen LogP contribution in [-0.4, -0.2) is 18.2 Å². The molecule has 0 spiro atoms. The van der Waals surface area contributed by atoms with E-state index in [1.54, 1.807) is 18.4 Å². The Morgan fingerprint density at radius 2 is 2.28 bits per heavy atom. The monoisotopic (exact) mass is 247 g/mol. The van der Waals surface area contributed by atoms with E-state index in [1.807, 2.05) is 6.07 Å². The third-order valence-electron chi connectivity index (χ3n) is 2.48. The number of hydrogen-bond acceptors (Lipinski definition) is 4. The first kappa shape index (κ1) is 12.0. The summed E-state index contributed by atoms with van der Waals surface area (Å²) in [5, 5.41) is 12.0. The lowest BCUT2D eigenvalue weighted by atomic mass is 10.2. The lowest BCUT2D eigenvalue weighted by Crippen LogP contribution is -2.03. The van der Waals surface area contributed by atoms with E-state index in [0.29, 0.717) is 18.0 Å². The van der Waals surface area contributed by atoms with Crippen LogP contribution in [0, 0.1) is 0 Å². The van der Waals surface area contributed by atoms with E-state index in [4.69, 9.17) is 14.3 Å². The topological polar surface area (TPSA) is 71.7 Å². The van der Waals surface area contributed by atoms with E-state index in [-0.39, 0.29) is 5.56 Å². The minimum Gasteiger partial charge on any atom is -0.495 e. The number of rotatable bonds is 5. The second-order valence-electron chi connectivity index (χ2n) is 3.65. The number of anilines is 1. The summed E-state index contributed by atoms with van der Waals surface area (Å²) >= 11 is 0. The molecular weight excluding hydrogens is 234 g/mol. The number of methoxy groups -OCH3 is 1. The summed E-state index contributed by atoms with van der Waals surface area (Å²) in [6.45, 7) is 0.465. The number of carboxylic acids is 1. The molecule has 0 atom stereocenters. The molecule has 5 heteroatoms. The van der Waals surface area contributed by atoms with Crippen molar-refractivity contribution in [1.29, 1.82) is 0 Å². The summed E-state index contributed by atoms with van der Waals surface area (Å²) in [6, 6.07) is 8.28. The zero-order valence-electron chi connectivity index (χ0n) is 9.84. The molecule has 1 heterocycles. The van der Waals surface area contributed by atoms with Crippen LogP contribution in [0.1, 0.15) is 16.1 Å². The fourth-order valence-corrected chi connectivity index (χ4v) is 1.57. The third-order valence-corrected chi connectivity index (χ3v) is 2.48. The molecule has 0 unspecified atom stereocenters. The van der Waals surface area contributed by atoms with Gasteiger partial charge in [0.05, 0.1) is 31.2 Å². The van der Waals surface area contributed by atoms with Crippen molar-refractivity contribution in [3.8, 4) is 5.75 Å². The van der Waals surface area contributed by atoms with Crippen LogP contribution in [0.3, 0.4) is 0 Å². The number of aromatic carboxylic acids is 1. The maximum absolute atomic E-state index is 10.9. The highest BCUT2D eigenvalue weighted by molar-refractivity contribution is 5.89. The molecule has 0 bridgehead atoms. The highest BCUT2D eigenvalue weighted by atomic mass is 16.5. The van der Waals surface area contributed by atoms with Crippen LogP contribution in [0.5, 0.6) is 5.75 Å². The molecule has 0 aliphatic heterocycles.